The van der Waals surface area contributed by atoms with Crippen LogP contribution < -0.4 is 10.6 Å². The predicted octanol–water partition coefficient (Wildman–Crippen LogP) is 1.16. The van der Waals surface area contributed by atoms with Crippen LogP contribution in [0.2, 0.25) is 0 Å². The number of hydrogen-bond donors (Lipinski definition) is 2. The molecule has 100 valence electrons. The Morgan fingerprint density at radius 2 is 2.29 bits per heavy atom. The number of piperidine rings is 1. The number of carbonyl (C=O) groups is 1. The molecule has 0 saturated carbocycles. The molecule has 1 heterocycles. The molecule has 1 rings (SSSR count). The molecule has 0 aromatic rings. The average molecular weight is 242 g/mol. The van der Waals surface area contributed by atoms with Crippen molar-refractivity contribution < 1.29 is 9.53 Å². The molecule has 2 N–H and O–H groups in total. The van der Waals surface area contributed by atoms with Crippen molar-refractivity contribution >= 4 is 5.91 Å². The van der Waals surface area contributed by atoms with E-state index in [1.807, 2.05) is 0 Å². The lowest BCUT2D eigenvalue weighted by molar-refractivity contribution is -0.125. The third kappa shape index (κ3) is 6.64. The Labute approximate surface area is 104 Å². The van der Waals surface area contributed by atoms with Gasteiger partial charge >= 0.3 is 0 Å². The van der Waals surface area contributed by atoms with Gasteiger partial charge in [0.25, 0.3) is 0 Å². The van der Waals surface area contributed by atoms with Crippen molar-refractivity contribution in [2.45, 2.75) is 33.1 Å². The molecule has 1 aliphatic heterocycles. The lowest BCUT2D eigenvalue weighted by Gasteiger charge is -2.21. The van der Waals surface area contributed by atoms with Crippen molar-refractivity contribution in [2.24, 2.45) is 11.8 Å². The highest BCUT2D eigenvalue weighted by Gasteiger charge is 2.19. The van der Waals surface area contributed by atoms with E-state index in [1.165, 1.54) is 0 Å². The van der Waals surface area contributed by atoms with Crippen molar-refractivity contribution in [2.75, 3.05) is 32.8 Å². The van der Waals surface area contributed by atoms with Crippen LogP contribution in [0, 0.1) is 11.8 Å². The summed E-state index contributed by atoms with van der Waals surface area (Å²) >= 11 is 0. The first-order chi connectivity index (χ1) is 8.20. The molecule has 1 saturated heterocycles. The van der Waals surface area contributed by atoms with E-state index in [1.54, 1.807) is 0 Å². The summed E-state index contributed by atoms with van der Waals surface area (Å²) in [5.74, 6) is 1.00. The number of hydrogen-bond acceptors (Lipinski definition) is 3. The second-order valence-corrected chi connectivity index (χ2v) is 5.13. The summed E-state index contributed by atoms with van der Waals surface area (Å²) in [5.41, 5.74) is 0. The summed E-state index contributed by atoms with van der Waals surface area (Å²) in [5, 5.41) is 6.18. The number of carbonyl (C=O) groups excluding carboxylic acids is 1. The molecule has 17 heavy (non-hydrogen) atoms. The highest BCUT2D eigenvalue weighted by Crippen LogP contribution is 2.09. The minimum Gasteiger partial charge on any atom is -0.380 e. The van der Waals surface area contributed by atoms with Gasteiger partial charge in [-0.15, -0.1) is 0 Å². The number of ether oxygens (including phenoxy) is 1. The largest absolute Gasteiger partial charge is 0.380 e. The van der Waals surface area contributed by atoms with Gasteiger partial charge in [0.15, 0.2) is 0 Å². The highest BCUT2D eigenvalue weighted by atomic mass is 16.5. The Morgan fingerprint density at radius 3 is 2.94 bits per heavy atom. The van der Waals surface area contributed by atoms with Crippen LogP contribution in [0.4, 0.5) is 0 Å². The first-order valence-corrected chi connectivity index (χ1v) is 6.76. The maximum atomic E-state index is 11.7. The van der Waals surface area contributed by atoms with Crippen molar-refractivity contribution in [1.82, 2.24) is 10.6 Å². The Morgan fingerprint density at radius 1 is 1.47 bits per heavy atom. The molecule has 0 bridgehead atoms. The average Bonchev–Trinajstić information content (AvgIpc) is 2.34. The number of amides is 1. The minimum absolute atomic E-state index is 0.152. The van der Waals surface area contributed by atoms with Crippen molar-refractivity contribution in [3.63, 3.8) is 0 Å². The first kappa shape index (κ1) is 14.5. The summed E-state index contributed by atoms with van der Waals surface area (Å²) in [4.78, 5) is 11.7. The van der Waals surface area contributed by atoms with Gasteiger partial charge in [-0.05, 0) is 31.7 Å². The second kappa shape index (κ2) is 8.48. The minimum atomic E-state index is 0.152. The zero-order chi connectivity index (χ0) is 12.5. The molecular formula is C13H26N2O2. The maximum absolute atomic E-state index is 11.7. The van der Waals surface area contributed by atoms with Gasteiger partial charge in [-0.2, -0.15) is 0 Å². The van der Waals surface area contributed by atoms with Gasteiger partial charge in [0.05, 0.1) is 12.5 Å². The fourth-order valence-electron chi connectivity index (χ4n) is 1.89. The molecule has 0 radical (unpaired) electrons. The first-order valence-electron chi connectivity index (χ1n) is 6.76. The molecule has 0 unspecified atom stereocenters. The van der Waals surface area contributed by atoms with Crippen molar-refractivity contribution in [1.29, 1.82) is 0 Å². The van der Waals surface area contributed by atoms with Gasteiger partial charge in [-0.1, -0.05) is 13.8 Å². The zero-order valence-corrected chi connectivity index (χ0v) is 11.1. The number of rotatable bonds is 7. The third-order valence-corrected chi connectivity index (χ3v) is 3.05. The monoisotopic (exact) mass is 242 g/mol. The third-order valence-electron chi connectivity index (χ3n) is 3.05. The predicted molar refractivity (Wildman–Crippen MR) is 68.9 cm³/mol. The molecule has 1 aliphatic rings. The van der Waals surface area contributed by atoms with Gasteiger partial charge in [0.1, 0.15) is 0 Å². The van der Waals surface area contributed by atoms with Gasteiger partial charge in [-0.25, -0.2) is 0 Å². The van der Waals surface area contributed by atoms with Crippen LogP contribution in [-0.2, 0) is 9.53 Å². The summed E-state index contributed by atoms with van der Waals surface area (Å²) in [7, 11) is 0. The van der Waals surface area contributed by atoms with E-state index in [2.05, 4.69) is 24.5 Å². The highest BCUT2D eigenvalue weighted by molar-refractivity contribution is 5.78. The van der Waals surface area contributed by atoms with Gasteiger partial charge in [-0.3, -0.25) is 4.79 Å². The Balaban J connectivity index is 1.96. The lowest BCUT2D eigenvalue weighted by Crippen LogP contribution is -2.41. The van der Waals surface area contributed by atoms with Crippen LogP contribution >= 0.6 is 0 Å². The SMILES string of the molecule is CC(C)CCOCCNC(=O)[C@@H]1CCCNC1. The Kier molecular flexibility index (Phi) is 7.21. The molecule has 4 nitrogen and oxygen atoms in total. The standard InChI is InChI=1S/C13H26N2O2/c1-11(2)5-8-17-9-7-15-13(16)12-4-3-6-14-10-12/h11-12,14H,3-10H2,1-2H3,(H,15,16)/t12-/m1/s1. The van der Waals surface area contributed by atoms with E-state index in [9.17, 15) is 4.79 Å². The summed E-state index contributed by atoms with van der Waals surface area (Å²) in [6.07, 6.45) is 3.19. The topological polar surface area (TPSA) is 50.4 Å². The lowest BCUT2D eigenvalue weighted by atomic mass is 9.99. The summed E-state index contributed by atoms with van der Waals surface area (Å²) in [6, 6.07) is 0. The zero-order valence-electron chi connectivity index (χ0n) is 11.1. The van der Waals surface area contributed by atoms with Crippen molar-refractivity contribution in [3.8, 4) is 0 Å². The Bertz CT molecular complexity index is 213. The molecule has 0 spiro atoms. The smallest absolute Gasteiger partial charge is 0.224 e. The van der Waals surface area contributed by atoms with E-state index >= 15 is 0 Å². The van der Waals surface area contributed by atoms with Crippen LogP contribution in [-0.4, -0.2) is 38.8 Å². The molecule has 4 heteroatoms. The molecule has 0 aromatic heterocycles. The van der Waals surface area contributed by atoms with E-state index < -0.39 is 0 Å². The van der Waals surface area contributed by atoms with E-state index in [0.29, 0.717) is 19.1 Å². The number of nitrogens with one attached hydrogen (secondary N) is 2. The fraction of sp³-hybridized carbons (Fsp3) is 0.923. The van der Waals surface area contributed by atoms with E-state index in [0.717, 1.165) is 39.0 Å². The molecular weight excluding hydrogens is 216 g/mol. The van der Waals surface area contributed by atoms with E-state index in [4.69, 9.17) is 4.74 Å². The fourth-order valence-corrected chi connectivity index (χ4v) is 1.89. The normalized spacial score (nSPS) is 20.5. The van der Waals surface area contributed by atoms with Crippen LogP contribution in [0.3, 0.4) is 0 Å². The van der Waals surface area contributed by atoms with E-state index in [-0.39, 0.29) is 11.8 Å². The van der Waals surface area contributed by atoms with Crippen LogP contribution in [0.1, 0.15) is 33.1 Å². The van der Waals surface area contributed by atoms with Gasteiger partial charge in [0.2, 0.25) is 5.91 Å². The molecule has 1 atom stereocenters. The summed E-state index contributed by atoms with van der Waals surface area (Å²) in [6.45, 7) is 8.27. The van der Waals surface area contributed by atoms with Crippen LogP contribution in [0.25, 0.3) is 0 Å². The summed E-state index contributed by atoms with van der Waals surface area (Å²) < 4.78 is 5.45. The molecule has 1 fully saturated rings. The quantitative estimate of drug-likeness (QED) is 0.659. The Hall–Kier alpha value is -0.610. The van der Waals surface area contributed by atoms with Gasteiger partial charge < -0.3 is 15.4 Å². The molecule has 0 aromatic carbocycles. The maximum Gasteiger partial charge on any atom is 0.224 e. The van der Waals surface area contributed by atoms with Gasteiger partial charge in [0, 0.05) is 19.7 Å². The second-order valence-electron chi connectivity index (χ2n) is 5.13. The molecule has 0 aliphatic carbocycles. The van der Waals surface area contributed by atoms with Crippen molar-refractivity contribution in [3.05, 3.63) is 0 Å². The van der Waals surface area contributed by atoms with Crippen LogP contribution in [0.15, 0.2) is 0 Å². The van der Waals surface area contributed by atoms with Crippen LogP contribution in [0.5, 0.6) is 0 Å². The molecule has 1 amide bonds.